The van der Waals surface area contributed by atoms with Gasteiger partial charge < -0.3 is 11.1 Å². The highest BCUT2D eigenvalue weighted by molar-refractivity contribution is 9.10. The standard InChI is InChI=1S/C9H9BrN6O/c10-6-1-5(2-7(11)3-6)9(17)12-4-8-13-15-16-14-8/h1-3H,4,11H2,(H,12,17)(H,13,14,15,16). The van der Waals surface area contributed by atoms with Crippen molar-refractivity contribution in [3.8, 4) is 0 Å². The summed E-state index contributed by atoms with van der Waals surface area (Å²) >= 11 is 3.27. The lowest BCUT2D eigenvalue weighted by Gasteiger charge is -2.04. The van der Waals surface area contributed by atoms with Crippen LogP contribution in [-0.4, -0.2) is 26.5 Å². The number of H-pyrrole nitrogens is 1. The van der Waals surface area contributed by atoms with Gasteiger partial charge in [-0.3, -0.25) is 4.79 Å². The van der Waals surface area contributed by atoms with Crippen molar-refractivity contribution in [3.05, 3.63) is 34.1 Å². The first-order valence-corrected chi connectivity index (χ1v) is 5.51. The lowest BCUT2D eigenvalue weighted by Crippen LogP contribution is -2.23. The maximum atomic E-state index is 11.8. The number of amides is 1. The highest BCUT2D eigenvalue weighted by Crippen LogP contribution is 2.17. The van der Waals surface area contributed by atoms with Gasteiger partial charge in [0.05, 0.1) is 6.54 Å². The summed E-state index contributed by atoms with van der Waals surface area (Å²) in [5, 5.41) is 15.8. The fourth-order valence-corrected chi connectivity index (χ4v) is 1.77. The summed E-state index contributed by atoms with van der Waals surface area (Å²) < 4.78 is 0.752. The number of nitrogen functional groups attached to an aromatic ring is 1. The van der Waals surface area contributed by atoms with Gasteiger partial charge in [-0.2, -0.15) is 5.21 Å². The molecule has 0 unspecified atom stereocenters. The van der Waals surface area contributed by atoms with E-state index in [4.69, 9.17) is 5.73 Å². The zero-order valence-corrected chi connectivity index (χ0v) is 10.2. The maximum absolute atomic E-state index is 11.8. The molecule has 4 N–H and O–H groups in total. The molecule has 0 radical (unpaired) electrons. The topological polar surface area (TPSA) is 110 Å². The Labute approximate surface area is 105 Å². The predicted molar refractivity (Wildman–Crippen MR) is 63.9 cm³/mol. The van der Waals surface area contributed by atoms with E-state index >= 15 is 0 Å². The number of aromatic amines is 1. The molecule has 0 aliphatic carbocycles. The largest absolute Gasteiger partial charge is 0.399 e. The Hall–Kier alpha value is -1.96. The normalized spacial score (nSPS) is 10.2. The second-order valence-corrected chi connectivity index (χ2v) is 4.20. The average Bonchev–Trinajstić information content (AvgIpc) is 2.77. The monoisotopic (exact) mass is 296 g/mol. The van der Waals surface area contributed by atoms with E-state index in [1.165, 1.54) is 0 Å². The van der Waals surface area contributed by atoms with Crippen molar-refractivity contribution in [2.75, 3.05) is 5.73 Å². The Morgan fingerprint density at radius 2 is 2.29 bits per heavy atom. The van der Waals surface area contributed by atoms with E-state index in [-0.39, 0.29) is 12.5 Å². The van der Waals surface area contributed by atoms with Crippen molar-refractivity contribution in [2.45, 2.75) is 6.54 Å². The van der Waals surface area contributed by atoms with E-state index in [2.05, 4.69) is 41.9 Å². The molecule has 2 aromatic rings. The lowest BCUT2D eigenvalue weighted by atomic mass is 10.2. The molecule has 1 amide bonds. The summed E-state index contributed by atoms with van der Waals surface area (Å²) in [5.41, 5.74) is 6.63. The molecule has 7 nitrogen and oxygen atoms in total. The van der Waals surface area contributed by atoms with Gasteiger partial charge in [0.25, 0.3) is 5.91 Å². The fourth-order valence-electron chi connectivity index (χ4n) is 1.26. The van der Waals surface area contributed by atoms with Gasteiger partial charge in [0, 0.05) is 15.7 Å². The number of nitrogens with zero attached hydrogens (tertiary/aromatic N) is 3. The molecule has 0 saturated heterocycles. The molecule has 0 atom stereocenters. The van der Waals surface area contributed by atoms with Gasteiger partial charge in [-0.1, -0.05) is 21.1 Å². The van der Waals surface area contributed by atoms with Crippen LogP contribution in [0.5, 0.6) is 0 Å². The second kappa shape index (κ2) is 4.91. The number of tetrazole rings is 1. The molecule has 0 saturated carbocycles. The highest BCUT2D eigenvalue weighted by Gasteiger charge is 2.08. The molecule has 8 heteroatoms. The molecular formula is C9H9BrN6O. The summed E-state index contributed by atoms with van der Waals surface area (Å²) in [4.78, 5) is 11.8. The van der Waals surface area contributed by atoms with Crippen LogP contribution < -0.4 is 11.1 Å². The summed E-state index contributed by atoms with van der Waals surface area (Å²) in [6.07, 6.45) is 0. The molecule has 88 valence electrons. The first-order valence-electron chi connectivity index (χ1n) is 4.72. The van der Waals surface area contributed by atoms with E-state index in [9.17, 15) is 4.79 Å². The summed E-state index contributed by atoms with van der Waals surface area (Å²) in [7, 11) is 0. The number of hydrogen-bond acceptors (Lipinski definition) is 5. The number of halogens is 1. The van der Waals surface area contributed by atoms with Gasteiger partial charge in [-0.15, -0.1) is 10.2 Å². The molecule has 0 spiro atoms. The van der Waals surface area contributed by atoms with E-state index < -0.39 is 0 Å². The average molecular weight is 297 g/mol. The smallest absolute Gasteiger partial charge is 0.251 e. The molecule has 2 rings (SSSR count). The van der Waals surface area contributed by atoms with Crippen LogP contribution in [-0.2, 0) is 6.54 Å². The van der Waals surface area contributed by atoms with E-state index in [1.807, 2.05) is 0 Å². The molecule has 1 heterocycles. The second-order valence-electron chi connectivity index (χ2n) is 3.28. The van der Waals surface area contributed by atoms with Gasteiger partial charge >= 0.3 is 0 Å². The van der Waals surface area contributed by atoms with E-state index in [1.54, 1.807) is 18.2 Å². The molecule has 0 aliphatic rings. The highest BCUT2D eigenvalue weighted by atomic mass is 79.9. The van der Waals surface area contributed by atoms with Crippen molar-refractivity contribution in [3.63, 3.8) is 0 Å². The van der Waals surface area contributed by atoms with Crippen LogP contribution in [0.3, 0.4) is 0 Å². The first-order chi connectivity index (χ1) is 8.15. The van der Waals surface area contributed by atoms with Crippen molar-refractivity contribution in [2.24, 2.45) is 0 Å². The van der Waals surface area contributed by atoms with Gasteiger partial charge in [0.1, 0.15) is 0 Å². The molecule has 0 fully saturated rings. The van der Waals surface area contributed by atoms with Crippen molar-refractivity contribution < 1.29 is 4.79 Å². The SMILES string of the molecule is Nc1cc(Br)cc(C(=O)NCc2nn[nH]n2)c1. The number of carbonyl (C=O) groups is 1. The Bertz CT molecular complexity index is 506. The third-order valence-corrected chi connectivity index (χ3v) is 2.44. The fraction of sp³-hybridized carbons (Fsp3) is 0.111. The molecule has 0 bridgehead atoms. The van der Waals surface area contributed by atoms with Crippen LogP contribution >= 0.6 is 15.9 Å². The zero-order valence-electron chi connectivity index (χ0n) is 8.64. The Morgan fingerprint density at radius 1 is 1.47 bits per heavy atom. The lowest BCUT2D eigenvalue weighted by molar-refractivity contribution is 0.0950. The Kier molecular flexibility index (Phi) is 3.33. The van der Waals surface area contributed by atoms with Crippen molar-refractivity contribution >= 4 is 27.5 Å². The molecule has 1 aromatic heterocycles. The number of aromatic nitrogens is 4. The van der Waals surface area contributed by atoms with Crippen LogP contribution in [0.4, 0.5) is 5.69 Å². The maximum Gasteiger partial charge on any atom is 0.251 e. The van der Waals surface area contributed by atoms with Gasteiger partial charge in [0.2, 0.25) is 0 Å². The van der Waals surface area contributed by atoms with Crippen LogP contribution in [0, 0.1) is 0 Å². The number of rotatable bonds is 3. The molecule has 1 aromatic carbocycles. The van der Waals surface area contributed by atoms with Crippen molar-refractivity contribution in [1.29, 1.82) is 0 Å². The van der Waals surface area contributed by atoms with Gasteiger partial charge in [-0.25, -0.2) is 0 Å². The van der Waals surface area contributed by atoms with Crippen LogP contribution in [0.1, 0.15) is 16.2 Å². The molecule has 17 heavy (non-hydrogen) atoms. The predicted octanol–water partition coefficient (Wildman–Crippen LogP) is 0.474. The third-order valence-electron chi connectivity index (χ3n) is 1.98. The first kappa shape index (κ1) is 11.5. The van der Waals surface area contributed by atoms with Crippen LogP contribution in [0.2, 0.25) is 0 Å². The van der Waals surface area contributed by atoms with E-state index in [0.717, 1.165) is 4.47 Å². The third kappa shape index (κ3) is 3.00. The minimum Gasteiger partial charge on any atom is -0.399 e. The quantitative estimate of drug-likeness (QED) is 0.714. The number of nitrogens with one attached hydrogen (secondary N) is 2. The number of nitrogens with two attached hydrogens (primary N) is 1. The minimum absolute atomic E-state index is 0.210. The van der Waals surface area contributed by atoms with Crippen molar-refractivity contribution in [1.82, 2.24) is 25.9 Å². The number of benzene rings is 1. The van der Waals surface area contributed by atoms with Crippen LogP contribution in [0.15, 0.2) is 22.7 Å². The summed E-state index contributed by atoms with van der Waals surface area (Å²) in [6, 6.07) is 4.99. The molecular weight excluding hydrogens is 288 g/mol. The molecule has 0 aliphatic heterocycles. The summed E-state index contributed by atoms with van der Waals surface area (Å²) in [6.45, 7) is 0.210. The minimum atomic E-state index is -0.247. The summed E-state index contributed by atoms with van der Waals surface area (Å²) in [5.74, 6) is 0.170. The number of anilines is 1. The van der Waals surface area contributed by atoms with Gasteiger partial charge in [-0.05, 0) is 18.2 Å². The Morgan fingerprint density at radius 3 is 2.94 bits per heavy atom. The number of carbonyl (C=O) groups excluding carboxylic acids is 1. The van der Waals surface area contributed by atoms with Crippen LogP contribution in [0.25, 0.3) is 0 Å². The van der Waals surface area contributed by atoms with E-state index in [0.29, 0.717) is 17.1 Å². The Balaban J connectivity index is 2.04. The number of hydrogen-bond donors (Lipinski definition) is 3. The van der Waals surface area contributed by atoms with Gasteiger partial charge in [0.15, 0.2) is 5.82 Å². The zero-order chi connectivity index (χ0) is 12.3.